The van der Waals surface area contributed by atoms with E-state index in [2.05, 4.69) is 21.2 Å². The Kier molecular flexibility index (Phi) is 3.90. The van der Waals surface area contributed by atoms with Crippen molar-refractivity contribution in [1.29, 1.82) is 0 Å². The zero-order chi connectivity index (χ0) is 13.8. The molecule has 0 unspecified atom stereocenters. The summed E-state index contributed by atoms with van der Waals surface area (Å²) in [4.78, 5) is 2.07. The van der Waals surface area contributed by atoms with Crippen LogP contribution in [0.3, 0.4) is 0 Å². The fourth-order valence-electron chi connectivity index (χ4n) is 1.77. The zero-order valence-electron chi connectivity index (χ0n) is 11.8. The normalized spacial score (nSPS) is 10.9. The van der Waals surface area contributed by atoms with Crippen LogP contribution in [0.1, 0.15) is 5.56 Å². The first-order valence-corrected chi connectivity index (χ1v) is 6.21. The van der Waals surface area contributed by atoms with Crippen molar-refractivity contribution in [2.24, 2.45) is 17.3 Å². The molecule has 0 spiro atoms. The maximum absolute atomic E-state index is 4.31. The molecular formula is C15H19N4+. The molecule has 0 N–H and O–H groups in total. The molecule has 2 aromatic rings. The molecule has 4 nitrogen and oxygen atoms in total. The maximum atomic E-state index is 4.31. The molecular weight excluding hydrogens is 236 g/mol. The largest absolute Gasteiger partial charge is 0.378 e. The number of anilines is 1. The third-order valence-electron chi connectivity index (χ3n) is 2.89. The summed E-state index contributed by atoms with van der Waals surface area (Å²) >= 11 is 0. The topological polar surface area (TPSA) is 31.8 Å². The lowest BCUT2D eigenvalue weighted by Gasteiger charge is -2.13. The summed E-state index contributed by atoms with van der Waals surface area (Å²) in [5.74, 6) is 0. The van der Waals surface area contributed by atoms with Crippen LogP contribution in [0.4, 0.5) is 17.1 Å². The van der Waals surface area contributed by atoms with Crippen LogP contribution in [0.5, 0.6) is 0 Å². The molecule has 98 valence electrons. The first-order valence-electron chi connectivity index (χ1n) is 6.21. The van der Waals surface area contributed by atoms with Gasteiger partial charge >= 0.3 is 0 Å². The minimum Gasteiger partial charge on any atom is -0.378 e. The van der Waals surface area contributed by atoms with E-state index >= 15 is 0 Å². The van der Waals surface area contributed by atoms with Crippen LogP contribution < -0.4 is 9.47 Å². The number of nitrogens with zero attached hydrogens (tertiary/aromatic N) is 4. The van der Waals surface area contributed by atoms with E-state index in [0.29, 0.717) is 0 Å². The molecule has 0 aliphatic carbocycles. The van der Waals surface area contributed by atoms with Crippen molar-refractivity contribution < 1.29 is 4.57 Å². The molecule has 0 radical (unpaired) electrons. The number of aryl methyl sites for hydroxylation is 2. The minimum atomic E-state index is 0.848. The Hall–Kier alpha value is -2.23. The summed E-state index contributed by atoms with van der Waals surface area (Å²) in [5, 5.41) is 8.57. The average Bonchev–Trinajstić information content (AvgIpc) is 2.37. The lowest BCUT2D eigenvalue weighted by molar-refractivity contribution is -0.670. The van der Waals surface area contributed by atoms with Gasteiger partial charge in [0.2, 0.25) is 0 Å². The number of pyridine rings is 1. The second-order valence-electron chi connectivity index (χ2n) is 4.79. The van der Waals surface area contributed by atoms with E-state index in [9.17, 15) is 0 Å². The molecule has 0 aliphatic heterocycles. The smallest absolute Gasteiger partial charge is 0.196 e. The van der Waals surface area contributed by atoms with Crippen molar-refractivity contribution in [3.8, 4) is 0 Å². The van der Waals surface area contributed by atoms with E-state index in [4.69, 9.17) is 0 Å². The minimum absolute atomic E-state index is 0.848. The molecule has 0 saturated heterocycles. The first kappa shape index (κ1) is 13.2. The molecule has 4 heteroatoms. The number of aromatic nitrogens is 1. The summed E-state index contributed by atoms with van der Waals surface area (Å²) in [7, 11) is 6.02. The summed E-state index contributed by atoms with van der Waals surface area (Å²) in [6, 6.07) is 10.0. The number of rotatable bonds is 3. The quantitative estimate of drug-likeness (QED) is 0.611. The molecule has 0 fully saturated rings. The maximum Gasteiger partial charge on any atom is 0.196 e. The molecule has 0 amide bonds. The van der Waals surface area contributed by atoms with Crippen molar-refractivity contribution in [2.45, 2.75) is 6.92 Å². The highest BCUT2D eigenvalue weighted by molar-refractivity contribution is 5.57. The van der Waals surface area contributed by atoms with Gasteiger partial charge in [0, 0.05) is 25.8 Å². The van der Waals surface area contributed by atoms with Crippen molar-refractivity contribution in [3.63, 3.8) is 0 Å². The van der Waals surface area contributed by atoms with Gasteiger partial charge in [0.25, 0.3) is 0 Å². The highest BCUT2D eigenvalue weighted by Gasteiger charge is 2.01. The Labute approximate surface area is 114 Å². The van der Waals surface area contributed by atoms with E-state index in [1.54, 1.807) is 0 Å². The van der Waals surface area contributed by atoms with E-state index in [1.807, 2.05) is 69.3 Å². The predicted molar refractivity (Wildman–Crippen MR) is 77.3 cm³/mol. The molecule has 0 bridgehead atoms. The van der Waals surface area contributed by atoms with Gasteiger partial charge in [-0.1, -0.05) is 0 Å². The predicted octanol–water partition coefficient (Wildman–Crippen LogP) is 3.30. The summed E-state index contributed by atoms with van der Waals surface area (Å²) < 4.78 is 1.95. The third-order valence-corrected chi connectivity index (χ3v) is 2.89. The molecule has 0 aliphatic rings. The van der Waals surface area contributed by atoms with E-state index in [0.717, 1.165) is 16.9 Å². The van der Waals surface area contributed by atoms with Gasteiger partial charge in [-0.05, 0) is 36.8 Å². The van der Waals surface area contributed by atoms with Gasteiger partial charge in [-0.15, -0.1) is 5.11 Å². The molecule has 1 heterocycles. The van der Waals surface area contributed by atoms with Crippen LogP contribution in [0, 0.1) is 6.92 Å². The standard InChI is InChI=1S/C15H19N4/c1-12-10-14(18(2)3)7-8-15(12)17-16-13-6-5-9-19(4)11-13/h5-11H,1-4H3/q+1/b17-16-. The Bertz CT molecular complexity index is 603. The van der Waals surface area contributed by atoms with Crippen molar-refractivity contribution in [2.75, 3.05) is 19.0 Å². The summed E-state index contributed by atoms with van der Waals surface area (Å²) in [6.45, 7) is 2.05. The van der Waals surface area contributed by atoms with Crippen LogP contribution in [0.15, 0.2) is 53.0 Å². The second kappa shape index (κ2) is 5.61. The van der Waals surface area contributed by atoms with Gasteiger partial charge in [0.1, 0.15) is 12.7 Å². The lowest BCUT2D eigenvalue weighted by Crippen LogP contribution is -2.25. The molecule has 1 aromatic carbocycles. The first-order chi connectivity index (χ1) is 9.06. The van der Waals surface area contributed by atoms with Crippen molar-refractivity contribution >= 4 is 17.1 Å². The highest BCUT2D eigenvalue weighted by atomic mass is 15.1. The van der Waals surface area contributed by atoms with Crippen LogP contribution >= 0.6 is 0 Å². The Balaban J connectivity index is 2.24. The van der Waals surface area contributed by atoms with Gasteiger partial charge < -0.3 is 4.90 Å². The third kappa shape index (κ3) is 3.37. The van der Waals surface area contributed by atoms with Gasteiger partial charge in [-0.2, -0.15) is 5.11 Å². The molecule has 19 heavy (non-hydrogen) atoms. The van der Waals surface area contributed by atoms with Crippen LogP contribution in [0.25, 0.3) is 0 Å². The molecule has 0 atom stereocenters. The van der Waals surface area contributed by atoms with Gasteiger partial charge in [-0.3, -0.25) is 0 Å². The summed E-state index contributed by atoms with van der Waals surface area (Å²) in [5.41, 5.74) is 4.04. The Morgan fingerprint density at radius 2 is 1.89 bits per heavy atom. The number of hydrogen-bond donors (Lipinski definition) is 0. The van der Waals surface area contributed by atoms with Crippen LogP contribution in [-0.2, 0) is 7.05 Å². The molecule has 1 aromatic heterocycles. The second-order valence-corrected chi connectivity index (χ2v) is 4.79. The Morgan fingerprint density at radius 3 is 2.53 bits per heavy atom. The Morgan fingerprint density at radius 1 is 1.11 bits per heavy atom. The van der Waals surface area contributed by atoms with Crippen LogP contribution in [-0.4, -0.2) is 14.1 Å². The summed E-state index contributed by atoms with van der Waals surface area (Å²) in [6.07, 6.45) is 3.91. The van der Waals surface area contributed by atoms with Crippen molar-refractivity contribution in [1.82, 2.24) is 0 Å². The average molecular weight is 255 g/mol. The highest BCUT2D eigenvalue weighted by Crippen LogP contribution is 2.25. The zero-order valence-corrected chi connectivity index (χ0v) is 11.8. The van der Waals surface area contributed by atoms with E-state index < -0.39 is 0 Å². The number of benzene rings is 1. The fourth-order valence-corrected chi connectivity index (χ4v) is 1.77. The lowest BCUT2D eigenvalue weighted by atomic mass is 10.2. The SMILES string of the molecule is Cc1cc(N(C)C)ccc1/N=N\c1ccc[n+](C)c1. The van der Waals surface area contributed by atoms with E-state index in [-0.39, 0.29) is 0 Å². The number of azo groups is 1. The number of hydrogen-bond acceptors (Lipinski definition) is 3. The monoisotopic (exact) mass is 255 g/mol. The van der Waals surface area contributed by atoms with Gasteiger partial charge in [-0.25, -0.2) is 4.57 Å². The molecule has 2 rings (SSSR count). The van der Waals surface area contributed by atoms with E-state index in [1.165, 1.54) is 5.69 Å². The van der Waals surface area contributed by atoms with Crippen molar-refractivity contribution in [3.05, 3.63) is 48.3 Å². The fraction of sp³-hybridized carbons (Fsp3) is 0.267. The van der Waals surface area contributed by atoms with Gasteiger partial charge in [0.05, 0.1) is 5.69 Å². The van der Waals surface area contributed by atoms with Gasteiger partial charge in [0.15, 0.2) is 12.4 Å². The van der Waals surface area contributed by atoms with Crippen LogP contribution in [0.2, 0.25) is 0 Å². The molecule has 0 saturated carbocycles.